The molecule has 8 heteroatoms. The molecule has 3 aromatic carbocycles. The number of furan rings is 1. The summed E-state index contributed by atoms with van der Waals surface area (Å²) in [5, 5.41) is 6.34. The molecule has 2 N–H and O–H groups in total. The summed E-state index contributed by atoms with van der Waals surface area (Å²) >= 11 is 0. The summed E-state index contributed by atoms with van der Waals surface area (Å²) in [5.41, 5.74) is 5.33. The first kappa shape index (κ1) is 28.0. The van der Waals surface area contributed by atoms with Crippen molar-refractivity contribution in [3.63, 3.8) is 0 Å². The maximum atomic E-state index is 13.6. The quantitative estimate of drug-likeness (QED) is 0.274. The van der Waals surface area contributed by atoms with Crippen molar-refractivity contribution in [1.82, 2.24) is 10.6 Å². The summed E-state index contributed by atoms with van der Waals surface area (Å²) < 4.78 is 25.1. The number of amides is 2. The van der Waals surface area contributed by atoms with Gasteiger partial charge in [0, 0.05) is 43.4 Å². The summed E-state index contributed by atoms with van der Waals surface area (Å²) in [6.07, 6.45) is 3.47. The highest BCUT2D eigenvalue weighted by atomic mass is 19.1. The van der Waals surface area contributed by atoms with E-state index in [-0.39, 0.29) is 23.7 Å². The second kappa shape index (κ2) is 11.9. The van der Waals surface area contributed by atoms with Gasteiger partial charge in [-0.3, -0.25) is 14.6 Å². The summed E-state index contributed by atoms with van der Waals surface area (Å²) in [7, 11) is 3.18. The van der Waals surface area contributed by atoms with Gasteiger partial charge in [-0.25, -0.2) is 4.39 Å². The van der Waals surface area contributed by atoms with E-state index in [1.165, 1.54) is 12.1 Å². The molecule has 2 heterocycles. The Morgan fingerprint density at radius 2 is 1.73 bits per heavy atom. The van der Waals surface area contributed by atoms with E-state index in [0.29, 0.717) is 52.4 Å². The van der Waals surface area contributed by atoms with Crippen molar-refractivity contribution in [2.75, 3.05) is 27.2 Å². The molecule has 1 atom stereocenters. The standard InChI is InChI=1S/C33H32FN3O4/c1-19(2)16-37-32(38)27-14-21(7-11-26(27)23-13-25(40-4)18-36-17-23)22-8-12-29-28(15-22)30(33(39)35-3)31(41-29)20-5-9-24(34)10-6-20/h5-15,18-19,25H,16-17H2,1-4H3,(H,35,39)(H,37,38). The van der Waals surface area contributed by atoms with Crippen molar-refractivity contribution in [1.29, 1.82) is 0 Å². The van der Waals surface area contributed by atoms with Gasteiger partial charge in [0.05, 0.1) is 12.1 Å². The lowest BCUT2D eigenvalue weighted by Gasteiger charge is -2.18. The molecule has 7 nitrogen and oxygen atoms in total. The number of nitrogens with zero attached hydrogens (tertiary/aromatic N) is 1. The van der Waals surface area contributed by atoms with E-state index in [2.05, 4.69) is 15.6 Å². The molecule has 210 valence electrons. The Kier molecular flexibility index (Phi) is 8.12. The predicted molar refractivity (Wildman–Crippen MR) is 160 cm³/mol. The number of halogens is 1. The first-order valence-corrected chi connectivity index (χ1v) is 13.5. The molecular formula is C33H32FN3O4. The van der Waals surface area contributed by atoms with Gasteiger partial charge in [0.15, 0.2) is 0 Å². The number of dihydropyridines is 1. The van der Waals surface area contributed by atoms with Crippen LogP contribution in [0, 0.1) is 11.7 Å². The smallest absolute Gasteiger partial charge is 0.255 e. The highest BCUT2D eigenvalue weighted by Crippen LogP contribution is 2.37. The van der Waals surface area contributed by atoms with Gasteiger partial charge in [-0.1, -0.05) is 32.0 Å². The Hall–Kier alpha value is -4.56. The molecule has 2 amide bonds. The molecule has 1 aliphatic rings. The Bertz CT molecular complexity index is 1670. The van der Waals surface area contributed by atoms with Crippen LogP contribution in [0.15, 0.2) is 76.1 Å². The third-order valence-corrected chi connectivity index (χ3v) is 7.01. The SMILES string of the molecule is CNC(=O)c1c(-c2ccc(F)cc2)oc2ccc(-c3ccc(C4=CC(OC)C=NC4)c(C(=O)NCC(C)C)c3)cc12. The van der Waals surface area contributed by atoms with Crippen LogP contribution in [0.2, 0.25) is 0 Å². The Morgan fingerprint density at radius 3 is 2.44 bits per heavy atom. The number of benzene rings is 3. The molecule has 0 bridgehead atoms. The minimum absolute atomic E-state index is 0.172. The van der Waals surface area contributed by atoms with Crippen LogP contribution in [0.1, 0.15) is 40.1 Å². The van der Waals surface area contributed by atoms with Gasteiger partial charge >= 0.3 is 0 Å². The molecule has 0 saturated carbocycles. The third kappa shape index (κ3) is 5.83. The van der Waals surface area contributed by atoms with Crippen LogP contribution in [0.25, 0.3) is 39.0 Å². The fourth-order valence-corrected chi connectivity index (χ4v) is 4.87. The summed E-state index contributed by atoms with van der Waals surface area (Å²) in [6, 6.07) is 17.2. The summed E-state index contributed by atoms with van der Waals surface area (Å²) in [4.78, 5) is 30.9. The lowest BCUT2D eigenvalue weighted by Crippen LogP contribution is -2.28. The maximum Gasteiger partial charge on any atom is 0.255 e. The minimum atomic E-state index is -0.376. The number of rotatable bonds is 8. The zero-order chi connectivity index (χ0) is 29.1. The molecule has 41 heavy (non-hydrogen) atoms. The van der Waals surface area contributed by atoms with Crippen LogP contribution in [0.4, 0.5) is 4.39 Å². The predicted octanol–water partition coefficient (Wildman–Crippen LogP) is 6.13. The van der Waals surface area contributed by atoms with Gasteiger partial charge in [0.25, 0.3) is 11.8 Å². The highest BCUT2D eigenvalue weighted by Gasteiger charge is 2.23. The number of carbonyl (C=O) groups is 2. The van der Waals surface area contributed by atoms with Gasteiger partial charge in [-0.15, -0.1) is 0 Å². The molecule has 4 aromatic rings. The average molecular weight is 554 g/mol. The number of aliphatic imine (C=N–C) groups is 1. The number of hydrogen-bond acceptors (Lipinski definition) is 5. The van der Waals surface area contributed by atoms with Crippen molar-refractivity contribution < 1.29 is 23.1 Å². The monoisotopic (exact) mass is 553 g/mol. The molecule has 0 saturated heterocycles. The van der Waals surface area contributed by atoms with E-state index in [4.69, 9.17) is 9.15 Å². The van der Waals surface area contributed by atoms with Gasteiger partial charge < -0.3 is 19.8 Å². The molecule has 0 aliphatic carbocycles. The van der Waals surface area contributed by atoms with E-state index in [1.807, 2.05) is 50.3 Å². The maximum absolute atomic E-state index is 13.6. The number of ether oxygens (including phenoxy) is 1. The lowest BCUT2D eigenvalue weighted by atomic mass is 9.92. The van der Waals surface area contributed by atoms with Crippen molar-refractivity contribution >= 4 is 34.6 Å². The number of methoxy groups -OCH3 is 1. The van der Waals surface area contributed by atoms with Crippen molar-refractivity contribution in [2.24, 2.45) is 10.9 Å². The van der Waals surface area contributed by atoms with E-state index in [1.54, 1.807) is 38.6 Å². The molecule has 0 spiro atoms. The number of hydrogen-bond donors (Lipinski definition) is 2. The average Bonchev–Trinajstić information content (AvgIpc) is 3.38. The van der Waals surface area contributed by atoms with Crippen LogP contribution in [-0.2, 0) is 4.74 Å². The summed E-state index contributed by atoms with van der Waals surface area (Å²) in [6.45, 7) is 5.09. The van der Waals surface area contributed by atoms with E-state index in [9.17, 15) is 14.0 Å². The first-order valence-electron chi connectivity index (χ1n) is 13.5. The topological polar surface area (TPSA) is 92.9 Å². The molecule has 0 fully saturated rings. The molecule has 0 radical (unpaired) electrons. The fourth-order valence-electron chi connectivity index (χ4n) is 4.87. The zero-order valence-corrected chi connectivity index (χ0v) is 23.5. The lowest BCUT2D eigenvalue weighted by molar-refractivity contribution is 0.0945. The third-order valence-electron chi connectivity index (χ3n) is 7.01. The van der Waals surface area contributed by atoms with E-state index in [0.717, 1.165) is 22.3 Å². The minimum Gasteiger partial charge on any atom is -0.455 e. The van der Waals surface area contributed by atoms with Crippen LogP contribution < -0.4 is 10.6 Å². The largest absolute Gasteiger partial charge is 0.455 e. The molecular weight excluding hydrogens is 521 g/mol. The van der Waals surface area contributed by atoms with Crippen LogP contribution >= 0.6 is 0 Å². The molecule has 1 unspecified atom stereocenters. The number of fused-ring (bicyclic) bond motifs is 1. The highest BCUT2D eigenvalue weighted by molar-refractivity contribution is 6.12. The van der Waals surface area contributed by atoms with Crippen molar-refractivity contribution in [3.8, 4) is 22.5 Å². The normalized spacial score (nSPS) is 14.8. The Balaban J connectivity index is 1.62. The second-order valence-corrected chi connectivity index (χ2v) is 10.3. The second-order valence-electron chi connectivity index (χ2n) is 10.3. The van der Waals surface area contributed by atoms with Crippen LogP contribution in [0.3, 0.4) is 0 Å². The van der Waals surface area contributed by atoms with Crippen molar-refractivity contribution in [3.05, 3.63) is 89.2 Å². The molecule has 5 rings (SSSR count). The number of carbonyl (C=O) groups excluding carboxylic acids is 2. The van der Waals surface area contributed by atoms with Crippen LogP contribution in [0.5, 0.6) is 0 Å². The van der Waals surface area contributed by atoms with Gasteiger partial charge in [-0.2, -0.15) is 0 Å². The van der Waals surface area contributed by atoms with Gasteiger partial charge in [-0.05, 0) is 76.7 Å². The van der Waals surface area contributed by atoms with E-state index < -0.39 is 0 Å². The summed E-state index contributed by atoms with van der Waals surface area (Å²) in [5.74, 6) is -0.211. The van der Waals surface area contributed by atoms with Crippen molar-refractivity contribution in [2.45, 2.75) is 20.0 Å². The van der Waals surface area contributed by atoms with Crippen LogP contribution in [-0.4, -0.2) is 51.4 Å². The van der Waals surface area contributed by atoms with E-state index >= 15 is 0 Å². The van der Waals surface area contributed by atoms with Gasteiger partial charge in [0.1, 0.15) is 23.3 Å². The number of nitrogens with one attached hydrogen (secondary N) is 2. The first-order chi connectivity index (χ1) is 19.8. The molecule has 1 aliphatic heterocycles. The zero-order valence-electron chi connectivity index (χ0n) is 23.5. The Morgan fingerprint density at radius 1 is 1.02 bits per heavy atom. The Labute approximate surface area is 238 Å². The fraction of sp³-hybridized carbons (Fsp3) is 0.242. The van der Waals surface area contributed by atoms with Gasteiger partial charge in [0.2, 0.25) is 0 Å². The molecule has 1 aromatic heterocycles.